The molecule has 0 saturated carbocycles. The van der Waals surface area contributed by atoms with Crippen LogP contribution in [-0.4, -0.2) is 20.3 Å². The Hall–Kier alpha value is -2.05. The van der Waals surface area contributed by atoms with Crippen LogP contribution in [0.5, 0.6) is 0 Å². The number of nitrogens with zero attached hydrogens (tertiary/aromatic N) is 2. The van der Waals surface area contributed by atoms with Crippen molar-refractivity contribution in [1.82, 2.24) is 9.38 Å². The molecule has 23 heavy (non-hydrogen) atoms. The number of rotatable bonds is 3. The molecule has 1 unspecified atom stereocenters. The molecule has 0 fully saturated rings. The minimum Gasteiger partial charge on any atom is -0.387 e. The van der Waals surface area contributed by atoms with Gasteiger partial charge in [-0.2, -0.15) is 0 Å². The maximum Gasteiger partial charge on any atom is 0.211 e. The number of carbonyl (C=O) groups is 1. The van der Waals surface area contributed by atoms with Crippen LogP contribution >= 0.6 is 15.9 Å². The van der Waals surface area contributed by atoms with Gasteiger partial charge in [0.2, 0.25) is 5.78 Å². The lowest BCUT2D eigenvalue weighted by Crippen LogP contribution is -2.10. The number of imidazole rings is 1. The van der Waals surface area contributed by atoms with Gasteiger partial charge in [0, 0.05) is 16.2 Å². The van der Waals surface area contributed by atoms with Crippen LogP contribution in [0.4, 0.5) is 4.39 Å². The Morgan fingerprint density at radius 3 is 2.87 bits per heavy atom. The Morgan fingerprint density at radius 1 is 1.48 bits per heavy atom. The highest BCUT2D eigenvalue weighted by Crippen LogP contribution is 2.26. The van der Waals surface area contributed by atoms with E-state index in [2.05, 4.69) is 20.9 Å². The van der Waals surface area contributed by atoms with Crippen LogP contribution in [0.25, 0.3) is 5.65 Å². The predicted molar refractivity (Wildman–Crippen MR) is 88.1 cm³/mol. The lowest BCUT2D eigenvalue weighted by Gasteiger charge is -2.08. The molecule has 0 aliphatic carbocycles. The zero-order valence-electron chi connectivity index (χ0n) is 16.2. The van der Waals surface area contributed by atoms with Crippen LogP contribution in [0.15, 0.2) is 40.9 Å². The van der Waals surface area contributed by atoms with Crippen molar-refractivity contribution < 1.29 is 19.8 Å². The van der Waals surface area contributed by atoms with Crippen molar-refractivity contribution in [1.29, 1.82) is 0 Å². The second-order valence-electron chi connectivity index (χ2n) is 5.06. The van der Waals surface area contributed by atoms with Crippen LogP contribution < -0.4 is 0 Å². The smallest absolute Gasteiger partial charge is 0.211 e. The van der Waals surface area contributed by atoms with Crippen molar-refractivity contribution >= 4 is 27.4 Å². The molecule has 1 aromatic carbocycles. The van der Waals surface area contributed by atoms with Gasteiger partial charge in [0.1, 0.15) is 17.2 Å². The summed E-state index contributed by atoms with van der Waals surface area (Å²) < 4.78 is 47.1. The number of aromatic nitrogens is 2. The van der Waals surface area contributed by atoms with Gasteiger partial charge in [0.15, 0.2) is 0 Å². The van der Waals surface area contributed by atoms with Gasteiger partial charge in [-0.25, -0.2) is 9.37 Å². The summed E-state index contributed by atoms with van der Waals surface area (Å²) in [5.74, 6) is -1.33. The van der Waals surface area contributed by atoms with Crippen LogP contribution in [-0.2, 0) is 0 Å². The molecule has 0 aliphatic rings. The molecule has 0 bridgehead atoms. The van der Waals surface area contributed by atoms with Gasteiger partial charge in [0.25, 0.3) is 0 Å². The molecule has 2 heterocycles. The van der Waals surface area contributed by atoms with Gasteiger partial charge in [-0.1, -0.05) is 22.0 Å². The molecule has 0 spiro atoms. The molecule has 3 aromatic rings. The zero-order valence-corrected chi connectivity index (χ0v) is 13.8. The van der Waals surface area contributed by atoms with Crippen LogP contribution in [0.2, 0.25) is 0 Å². The number of carbonyl (C=O) groups excluding carboxylic acids is 1. The number of halogens is 2. The van der Waals surface area contributed by atoms with Gasteiger partial charge >= 0.3 is 0 Å². The average molecular weight is 381 g/mol. The third-order valence-electron chi connectivity index (χ3n) is 3.46. The number of fused-ring (bicyclic) bond motifs is 1. The summed E-state index contributed by atoms with van der Waals surface area (Å²) >= 11 is 3.19. The van der Waals surface area contributed by atoms with E-state index in [-0.39, 0.29) is 22.6 Å². The van der Waals surface area contributed by atoms with Crippen molar-refractivity contribution in [3.05, 3.63) is 69.2 Å². The zero-order chi connectivity index (χ0) is 20.2. The molecule has 3 rings (SSSR count). The van der Waals surface area contributed by atoms with Crippen molar-refractivity contribution in [2.75, 3.05) is 0 Å². The minimum atomic E-state index is -1.22. The van der Waals surface area contributed by atoms with E-state index in [1.165, 1.54) is 13.0 Å². The third-order valence-corrected chi connectivity index (χ3v) is 4.29. The molecule has 0 saturated heterocycles. The number of aliphatic hydroxyl groups excluding tert-OH is 1. The summed E-state index contributed by atoms with van der Waals surface area (Å²) in [5.41, 5.74) is -0.249. The summed E-state index contributed by atoms with van der Waals surface area (Å²) in [4.78, 5) is 17.2. The highest BCUT2D eigenvalue weighted by Gasteiger charge is 2.24. The van der Waals surface area contributed by atoms with E-state index in [0.29, 0.717) is 10.0 Å². The number of hydrogen-bond acceptors (Lipinski definition) is 3. The standard InChI is InChI=1S/C17H14BrFN2O2/c1-9-12(18)7-11(8-13(9)19)17(23)16-15(10(2)22)20-14-5-3-4-6-21(14)16/h3-8,10,22H,1-2H3/i3D,4D,5D,6D. The van der Waals surface area contributed by atoms with Crippen molar-refractivity contribution in [2.24, 2.45) is 0 Å². The van der Waals surface area contributed by atoms with Crippen molar-refractivity contribution in [3.8, 4) is 0 Å². The molecule has 0 aliphatic heterocycles. The lowest BCUT2D eigenvalue weighted by atomic mass is 10.0. The van der Waals surface area contributed by atoms with E-state index < -0.39 is 42.0 Å². The molecule has 0 radical (unpaired) electrons. The molecule has 2 aromatic heterocycles. The maximum absolute atomic E-state index is 14.1. The molecule has 1 N–H and O–H groups in total. The fourth-order valence-corrected chi connectivity index (χ4v) is 2.66. The molecule has 0 amide bonds. The Balaban J connectivity index is 2.40. The summed E-state index contributed by atoms with van der Waals surface area (Å²) in [7, 11) is 0. The SMILES string of the molecule is [2H]c1c([2H])c([2H])n2c(C(=O)c3cc(F)c(C)c(Br)c3)c(C(C)O)nc2c1[2H]. The maximum atomic E-state index is 14.1. The van der Waals surface area contributed by atoms with E-state index in [9.17, 15) is 14.3 Å². The van der Waals surface area contributed by atoms with Gasteiger partial charge in [0.05, 0.1) is 17.3 Å². The van der Waals surface area contributed by atoms with E-state index in [1.54, 1.807) is 6.92 Å². The minimum absolute atomic E-state index is 0.0407. The topological polar surface area (TPSA) is 54.6 Å². The largest absolute Gasteiger partial charge is 0.387 e. The second-order valence-corrected chi connectivity index (χ2v) is 5.92. The highest BCUT2D eigenvalue weighted by molar-refractivity contribution is 9.10. The molecular weight excluding hydrogens is 363 g/mol. The Bertz CT molecular complexity index is 1090. The number of pyridine rings is 1. The van der Waals surface area contributed by atoms with Crippen LogP contribution in [0.3, 0.4) is 0 Å². The number of aliphatic hydroxyl groups is 1. The Kier molecular flexibility index (Phi) is 2.93. The van der Waals surface area contributed by atoms with E-state index in [0.717, 1.165) is 10.5 Å². The van der Waals surface area contributed by atoms with E-state index in [1.807, 2.05) is 0 Å². The summed E-state index contributed by atoms with van der Waals surface area (Å²) in [6.07, 6.45) is -1.73. The second kappa shape index (κ2) is 5.86. The average Bonchev–Trinajstić information content (AvgIpc) is 3.02. The molecule has 118 valence electrons. The monoisotopic (exact) mass is 380 g/mol. The van der Waals surface area contributed by atoms with E-state index in [4.69, 9.17) is 5.48 Å². The molecule has 6 heteroatoms. The lowest BCUT2D eigenvalue weighted by molar-refractivity contribution is 0.102. The van der Waals surface area contributed by atoms with Gasteiger partial charge in [-0.15, -0.1) is 0 Å². The number of ketones is 1. The fourth-order valence-electron chi connectivity index (χ4n) is 2.22. The third kappa shape index (κ3) is 2.68. The van der Waals surface area contributed by atoms with E-state index >= 15 is 0 Å². The summed E-state index contributed by atoms with van der Waals surface area (Å²) in [5, 5.41) is 10.0. The first-order valence-electron chi connectivity index (χ1n) is 8.73. The van der Waals surface area contributed by atoms with Crippen molar-refractivity contribution in [3.63, 3.8) is 0 Å². The number of benzene rings is 1. The molecule has 4 nitrogen and oxygen atoms in total. The molecule has 1 atom stereocenters. The quantitative estimate of drug-likeness (QED) is 0.702. The highest BCUT2D eigenvalue weighted by atomic mass is 79.9. The first-order valence-corrected chi connectivity index (χ1v) is 7.52. The van der Waals surface area contributed by atoms with Gasteiger partial charge in [-0.3, -0.25) is 9.20 Å². The Labute approximate surface area is 146 Å². The van der Waals surface area contributed by atoms with Crippen molar-refractivity contribution in [2.45, 2.75) is 20.0 Å². The first-order chi connectivity index (χ1) is 12.6. The van der Waals surface area contributed by atoms with Gasteiger partial charge < -0.3 is 5.11 Å². The van der Waals surface area contributed by atoms with Gasteiger partial charge in [-0.05, 0) is 43.6 Å². The number of hydrogen-bond donors (Lipinski definition) is 1. The fraction of sp³-hybridized carbons (Fsp3) is 0.176. The first kappa shape index (κ1) is 11.5. The normalized spacial score (nSPS) is 15.0. The summed E-state index contributed by atoms with van der Waals surface area (Å²) in [6.45, 7) is 2.90. The Morgan fingerprint density at radius 2 is 2.22 bits per heavy atom. The summed E-state index contributed by atoms with van der Waals surface area (Å²) in [6, 6.07) is 0.968. The predicted octanol–water partition coefficient (Wildman–Crippen LogP) is 3.83. The van der Waals surface area contributed by atoms with Crippen LogP contribution in [0, 0.1) is 12.7 Å². The molecular formula is C17H14BrFN2O2. The van der Waals surface area contributed by atoms with Crippen LogP contribution in [0.1, 0.15) is 45.8 Å².